The van der Waals surface area contributed by atoms with Crippen molar-refractivity contribution in [3.8, 4) is 0 Å². The monoisotopic (exact) mass is 332 g/mol. The molecule has 0 saturated carbocycles. The molecule has 0 spiro atoms. The fraction of sp³-hybridized carbons (Fsp3) is 0.533. The highest BCUT2D eigenvalue weighted by Gasteiger charge is 2.15. The Morgan fingerprint density at radius 3 is 2.77 bits per heavy atom. The van der Waals surface area contributed by atoms with E-state index in [-0.39, 0.29) is 17.7 Å². The summed E-state index contributed by atoms with van der Waals surface area (Å²) in [6.07, 6.45) is 0.845. The van der Waals surface area contributed by atoms with Gasteiger partial charge in [-0.3, -0.25) is 0 Å². The van der Waals surface area contributed by atoms with Gasteiger partial charge < -0.3 is 20.5 Å². The molecular formula is C15H22ClFN2O3. The van der Waals surface area contributed by atoms with Crippen molar-refractivity contribution in [1.82, 2.24) is 10.6 Å². The van der Waals surface area contributed by atoms with E-state index in [0.717, 1.165) is 0 Å². The predicted molar refractivity (Wildman–Crippen MR) is 83.5 cm³/mol. The van der Waals surface area contributed by atoms with Crippen molar-refractivity contribution < 1.29 is 19.0 Å². The van der Waals surface area contributed by atoms with Gasteiger partial charge in [0, 0.05) is 13.2 Å². The summed E-state index contributed by atoms with van der Waals surface area (Å²) < 4.78 is 18.8. The van der Waals surface area contributed by atoms with Gasteiger partial charge >= 0.3 is 6.03 Å². The highest BCUT2D eigenvalue weighted by molar-refractivity contribution is 6.30. The van der Waals surface area contributed by atoms with Crippen molar-refractivity contribution in [2.75, 3.05) is 19.8 Å². The number of aliphatic hydroxyl groups is 1. The number of hydrogen-bond acceptors (Lipinski definition) is 3. The summed E-state index contributed by atoms with van der Waals surface area (Å²) in [6, 6.07) is 3.01. The first kappa shape index (κ1) is 18.7. The first-order valence-electron chi connectivity index (χ1n) is 7.15. The summed E-state index contributed by atoms with van der Waals surface area (Å²) in [5.41, 5.74) is 0.447. The molecule has 1 atom stereocenters. The van der Waals surface area contributed by atoms with Gasteiger partial charge in [-0.25, -0.2) is 9.18 Å². The SMILES string of the molecule is CC(C)OCCCNC(=O)NC(CO)c1ccc(Cl)c(F)c1. The molecule has 7 heteroatoms. The minimum Gasteiger partial charge on any atom is -0.394 e. The van der Waals surface area contributed by atoms with Crippen molar-refractivity contribution in [1.29, 1.82) is 0 Å². The molecule has 0 aliphatic heterocycles. The second kappa shape index (κ2) is 9.61. The Labute approximate surface area is 134 Å². The van der Waals surface area contributed by atoms with E-state index in [1.165, 1.54) is 12.1 Å². The van der Waals surface area contributed by atoms with Crippen LogP contribution in [0, 0.1) is 5.82 Å². The highest BCUT2D eigenvalue weighted by Crippen LogP contribution is 2.20. The average molecular weight is 333 g/mol. The lowest BCUT2D eigenvalue weighted by Gasteiger charge is -2.17. The molecule has 0 bridgehead atoms. The molecule has 1 aromatic carbocycles. The number of benzene rings is 1. The van der Waals surface area contributed by atoms with Gasteiger partial charge in [0.2, 0.25) is 0 Å². The lowest BCUT2D eigenvalue weighted by Crippen LogP contribution is -2.39. The molecule has 2 amide bonds. The number of amides is 2. The standard InChI is InChI=1S/C15H22ClFN2O3/c1-10(2)22-7-3-6-18-15(21)19-14(9-20)11-4-5-12(16)13(17)8-11/h4-5,8,10,14,20H,3,6-7,9H2,1-2H3,(H2,18,19,21). The summed E-state index contributed by atoms with van der Waals surface area (Å²) in [4.78, 5) is 11.7. The first-order valence-corrected chi connectivity index (χ1v) is 7.53. The van der Waals surface area contributed by atoms with Gasteiger partial charge in [-0.1, -0.05) is 17.7 Å². The maximum absolute atomic E-state index is 13.4. The van der Waals surface area contributed by atoms with E-state index in [4.69, 9.17) is 16.3 Å². The summed E-state index contributed by atoms with van der Waals surface area (Å²) in [5, 5.41) is 14.6. The highest BCUT2D eigenvalue weighted by atomic mass is 35.5. The second-order valence-corrected chi connectivity index (χ2v) is 5.49. The number of carbonyl (C=O) groups is 1. The molecule has 1 rings (SSSR count). The number of rotatable bonds is 8. The van der Waals surface area contributed by atoms with Gasteiger partial charge in [0.25, 0.3) is 0 Å². The van der Waals surface area contributed by atoms with Crippen molar-refractivity contribution >= 4 is 17.6 Å². The van der Waals surface area contributed by atoms with Gasteiger partial charge in [0.15, 0.2) is 0 Å². The number of nitrogens with one attached hydrogen (secondary N) is 2. The minimum atomic E-state index is -0.696. The van der Waals surface area contributed by atoms with Crippen LogP contribution in [0.5, 0.6) is 0 Å². The zero-order valence-electron chi connectivity index (χ0n) is 12.7. The van der Waals surface area contributed by atoms with Crippen LogP contribution in [0.1, 0.15) is 31.9 Å². The minimum absolute atomic E-state index is 0.00459. The molecule has 1 unspecified atom stereocenters. The van der Waals surface area contributed by atoms with Crippen LogP contribution in [0.25, 0.3) is 0 Å². The Hall–Kier alpha value is -1.37. The van der Waals surface area contributed by atoms with Crippen LogP contribution >= 0.6 is 11.6 Å². The fourth-order valence-corrected chi connectivity index (χ4v) is 1.88. The van der Waals surface area contributed by atoms with Gasteiger partial charge in [-0.05, 0) is 38.0 Å². The van der Waals surface area contributed by atoms with E-state index in [9.17, 15) is 14.3 Å². The van der Waals surface area contributed by atoms with Gasteiger partial charge in [0.05, 0.1) is 23.8 Å². The van der Waals surface area contributed by atoms with Crippen molar-refractivity contribution in [2.45, 2.75) is 32.4 Å². The third-order valence-corrected chi connectivity index (χ3v) is 3.20. The molecule has 0 saturated heterocycles. The molecular weight excluding hydrogens is 311 g/mol. The zero-order chi connectivity index (χ0) is 16.5. The number of aliphatic hydroxyl groups excluding tert-OH is 1. The van der Waals surface area contributed by atoms with Gasteiger partial charge in [-0.2, -0.15) is 0 Å². The Balaban J connectivity index is 2.41. The smallest absolute Gasteiger partial charge is 0.315 e. The van der Waals surface area contributed by atoms with E-state index >= 15 is 0 Å². The quantitative estimate of drug-likeness (QED) is 0.641. The Bertz CT molecular complexity index is 486. The summed E-state index contributed by atoms with van der Waals surface area (Å²) >= 11 is 5.61. The van der Waals surface area contributed by atoms with Crippen molar-refractivity contribution in [2.24, 2.45) is 0 Å². The van der Waals surface area contributed by atoms with Crippen LogP contribution in [0.3, 0.4) is 0 Å². The number of carbonyl (C=O) groups excluding carboxylic acids is 1. The lowest BCUT2D eigenvalue weighted by molar-refractivity contribution is 0.0774. The molecule has 0 aromatic heterocycles. The molecule has 0 aliphatic rings. The maximum atomic E-state index is 13.4. The molecule has 0 heterocycles. The van der Waals surface area contributed by atoms with Crippen LogP contribution in [0.2, 0.25) is 5.02 Å². The second-order valence-electron chi connectivity index (χ2n) is 5.08. The Morgan fingerprint density at radius 1 is 1.45 bits per heavy atom. The van der Waals surface area contributed by atoms with E-state index in [1.807, 2.05) is 13.8 Å². The molecule has 5 nitrogen and oxygen atoms in total. The van der Waals surface area contributed by atoms with E-state index in [0.29, 0.717) is 25.1 Å². The molecule has 0 radical (unpaired) electrons. The topological polar surface area (TPSA) is 70.6 Å². The predicted octanol–water partition coefficient (Wildman–Crippen LogP) is 2.63. The lowest BCUT2D eigenvalue weighted by atomic mass is 10.1. The molecule has 124 valence electrons. The summed E-state index contributed by atoms with van der Waals surface area (Å²) in [7, 11) is 0. The van der Waals surface area contributed by atoms with Crippen LogP contribution in [-0.2, 0) is 4.74 Å². The number of hydrogen-bond donors (Lipinski definition) is 3. The van der Waals surface area contributed by atoms with E-state index in [1.54, 1.807) is 6.07 Å². The zero-order valence-corrected chi connectivity index (χ0v) is 13.5. The van der Waals surface area contributed by atoms with Gasteiger partial charge in [-0.15, -0.1) is 0 Å². The summed E-state index contributed by atoms with van der Waals surface area (Å²) in [6.45, 7) is 4.55. The Morgan fingerprint density at radius 2 is 2.18 bits per heavy atom. The van der Waals surface area contributed by atoms with Gasteiger partial charge in [0.1, 0.15) is 5.82 Å². The van der Waals surface area contributed by atoms with Crippen LogP contribution in [0.4, 0.5) is 9.18 Å². The largest absolute Gasteiger partial charge is 0.394 e. The number of urea groups is 1. The molecule has 0 aliphatic carbocycles. The molecule has 0 fully saturated rings. The van der Waals surface area contributed by atoms with Crippen molar-refractivity contribution in [3.63, 3.8) is 0 Å². The third kappa shape index (κ3) is 6.60. The van der Waals surface area contributed by atoms with E-state index in [2.05, 4.69) is 10.6 Å². The maximum Gasteiger partial charge on any atom is 0.315 e. The first-order chi connectivity index (χ1) is 10.4. The third-order valence-electron chi connectivity index (χ3n) is 2.89. The van der Waals surface area contributed by atoms with Crippen LogP contribution in [0.15, 0.2) is 18.2 Å². The van der Waals surface area contributed by atoms with Crippen LogP contribution in [-0.4, -0.2) is 37.0 Å². The number of halogens is 2. The van der Waals surface area contributed by atoms with Crippen molar-refractivity contribution in [3.05, 3.63) is 34.6 Å². The molecule has 22 heavy (non-hydrogen) atoms. The molecule has 1 aromatic rings. The summed E-state index contributed by atoms with van der Waals surface area (Å²) in [5.74, 6) is -0.592. The Kier molecular flexibility index (Phi) is 8.16. The van der Waals surface area contributed by atoms with Crippen LogP contribution < -0.4 is 10.6 Å². The normalized spacial score (nSPS) is 12.3. The average Bonchev–Trinajstić information content (AvgIpc) is 2.47. The molecule has 3 N–H and O–H groups in total. The number of ether oxygens (including phenoxy) is 1. The fourth-order valence-electron chi connectivity index (χ4n) is 1.77. The van der Waals surface area contributed by atoms with E-state index < -0.39 is 17.9 Å².